The number of benzene rings is 3. The van der Waals surface area contributed by atoms with Gasteiger partial charge in [-0.05, 0) is 48.0 Å². The van der Waals surface area contributed by atoms with Crippen LogP contribution in [0.1, 0.15) is 15.9 Å². The van der Waals surface area contributed by atoms with Crippen molar-refractivity contribution in [2.24, 2.45) is 0 Å². The Bertz CT molecular complexity index is 1320. The number of carbonyl (C=O) groups excluding carboxylic acids is 2. The first-order valence-corrected chi connectivity index (χ1v) is 12.2. The zero-order valence-electron chi connectivity index (χ0n) is 20.3. The summed E-state index contributed by atoms with van der Waals surface area (Å²) in [4.78, 5) is 28.2. The van der Waals surface area contributed by atoms with Crippen LogP contribution in [-0.2, 0) is 11.2 Å². The second kappa shape index (κ2) is 11.5. The van der Waals surface area contributed by atoms with Crippen LogP contribution < -0.4 is 20.3 Å². The zero-order chi connectivity index (χ0) is 25.5. The molecule has 0 spiro atoms. The molecule has 1 heterocycles. The molecule has 184 valence electrons. The van der Waals surface area contributed by atoms with Crippen molar-refractivity contribution in [1.29, 1.82) is 0 Å². The van der Waals surface area contributed by atoms with E-state index in [0.29, 0.717) is 27.9 Å². The molecule has 9 heteroatoms. The molecular weight excluding hydrogens is 474 g/mol. The first-order valence-electron chi connectivity index (χ1n) is 11.3. The van der Waals surface area contributed by atoms with Crippen LogP contribution in [0.2, 0.25) is 0 Å². The summed E-state index contributed by atoms with van der Waals surface area (Å²) >= 11 is 1.28. The van der Waals surface area contributed by atoms with Gasteiger partial charge in [-0.3, -0.25) is 14.9 Å². The molecule has 0 saturated heterocycles. The first-order chi connectivity index (χ1) is 17.4. The third kappa shape index (κ3) is 6.25. The van der Waals surface area contributed by atoms with Crippen molar-refractivity contribution in [1.82, 2.24) is 15.5 Å². The van der Waals surface area contributed by atoms with Crippen LogP contribution in [0.4, 0.5) is 10.8 Å². The number of hydrogen-bond donors (Lipinski definition) is 2. The van der Waals surface area contributed by atoms with E-state index in [1.54, 1.807) is 24.3 Å². The largest absolute Gasteiger partial charge is 0.497 e. The maximum Gasteiger partial charge on any atom is 0.252 e. The second-order valence-corrected chi connectivity index (χ2v) is 9.27. The third-order valence-electron chi connectivity index (χ3n) is 5.52. The van der Waals surface area contributed by atoms with E-state index in [0.717, 1.165) is 16.8 Å². The van der Waals surface area contributed by atoms with Gasteiger partial charge in [-0.2, -0.15) is 0 Å². The molecule has 0 fully saturated rings. The van der Waals surface area contributed by atoms with Gasteiger partial charge in [0.2, 0.25) is 11.0 Å². The van der Waals surface area contributed by atoms with Crippen molar-refractivity contribution < 1.29 is 14.3 Å². The summed E-state index contributed by atoms with van der Waals surface area (Å²) in [6, 6.07) is 23.4. The fraction of sp³-hybridized carbons (Fsp3) is 0.185. The summed E-state index contributed by atoms with van der Waals surface area (Å²) in [6.07, 6.45) is 0.319. The second-order valence-electron chi connectivity index (χ2n) is 8.29. The summed E-state index contributed by atoms with van der Waals surface area (Å²) in [5.74, 6) is -0.184. The molecule has 1 aromatic heterocycles. The van der Waals surface area contributed by atoms with Crippen molar-refractivity contribution in [3.63, 3.8) is 0 Å². The van der Waals surface area contributed by atoms with E-state index >= 15 is 0 Å². The molecule has 36 heavy (non-hydrogen) atoms. The topological polar surface area (TPSA) is 96.4 Å². The minimum Gasteiger partial charge on any atom is -0.497 e. The van der Waals surface area contributed by atoms with Crippen molar-refractivity contribution >= 4 is 34.0 Å². The van der Waals surface area contributed by atoms with E-state index in [1.807, 2.05) is 73.6 Å². The molecule has 3 aromatic carbocycles. The van der Waals surface area contributed by atoms with Crippen LogP contribution in [0.25, 0.3) is 10.6 Å². The molecule has 2 N–H and O–H groups in total. The van der Waals surface area contributed by atoms with E-state index in [4.69, 9.17) is 4.74 Å². The van der Waals surface area contributed by atoms with Gasteiger partial charge < -0.3 is 15.0 Å². The Labute approximate surface area is 214 Å². The van der Waals surface area contributed by atoms with Gasteiger partial charge in [0, 0.05) is 37.3 Å². The average molecular weight is 502 g/mol. The molecule has 1 unspecified atom stereocenters. The molecule has 4 aromatic rings. The number of anilines is 2. The highest BCUT2D eigenvalue weighted by Gasteiger charge is 2.23. The van der Waals surface area contributed by atoms with Gasteiger partial charge in [-0.25, -0.2) is 0 Å². The van der Waals surface area contributed by atoms with Gasteiger partial charge in [0.05, 0.1) is 7.11 Å². The van der Waals surface area contributed by atoms with Crippen molar-refractivity contribution in [3.05, 3.63) is 90.0 Å². The molecule has 4 rings (SSSR count). The minimum absolute atomic E-state index is 0.319. The fourth-order valence-electron chi connectivity index (χ4n) is 3.55. The lowest BCUT2D eigenvalue weighted by Crippen LogP contribution is -2.45. The summed E-state index contributed by atoms with van der Waals surface area (Å²) in [5, 5.41) is 15.1. The summed E-state index contributed by atoms with van der Waals surface area (Å²) in [5.41, 5.74) is 3.31. The zero-order valence-corrected chi connectivity index (χ0v) is 21.1. The van der Waals surface area contributed by atoms with Gasteiger partial charge in [0.1, 0.15) is 16.8 Å². The Kier molecular flexibility index (Phi) is 7.92. The summed E-state index contributed by atoms with van der Waals surface area (Å²) in [7, 11) is 5.49. The maximum absolute atomic E-state index is 13.3. The number of nitrogens with zero attached hydrogens (tertiary/aromatic N) is 3. The number of rotatable bonds is 9. The van der Waals surface area contributed by atoms with Gasteiger partial charge >= 0.3 is 0 Å². The number of ether oxygens (including phenoxy) is 1. The molecule has 0 aliphatic heterocycles. The monoisotopic (exact) mass is 501 g/mol. The van der Waals surface area contributed by atoms with Crippen LogP contribution in [0.3, 0.4) is 0 Å². The predicted molar refractivity (Wildman–Crippen MR) is 143 cm³/mol. The minimum atomic E-state index is -0.821. The van der Waals surface area contributed by atoms with Crippen molar-refractivity contribution in [2.75, 3.05) is 31.4 Å². The normalized spacial score (nSPS) is 11.4. The Morgan fingerprint density at radius 1 is 0.972 bits per heavy atom. The number of nitrogens with one attached hydrogen (secondary N) is 2. The van der Waals surface area contributed by atoms with Crippen LogP contribution in [0.5, 0.6) is 5.75 Å². The first kappa shape index (κ1) is 24.9. The molecule has 0 radical (unpaired) electrons. The molecule has 0 saturated carbocycles. The van der Waals surface area contributed by atoms with Crippen molar-refractivity contribution in [2.45, 2.75) is 12.5 Å². The van der Waals surface area contributed by atoms with Gasteiger partial charge in [-0.15, -0.1) is 10.2 Å². The van der Waals surface area contributed by atoms with Crippen molar-refractivity contribution in [3.8, 4) is 16.3 Å². The van der Waals surface area contributed by atoms with Gasteiger partial charge in [0.25, 0.3) is 5.91 Å². The predicted octanol–water partition coefficient (Wildman–Crippen LogP) is 4.26. The van der Waals surface area contributed by atoms with Gasteiger partial charge in [0.15, 0.2) is 0 Å². The van der Waals surface area contributed by atoms with Gasteiger partial charge in [-0.1, -0.05) is 47.7 Å². The summed E-state index contributed by atoms with van der Waals surface area (Å²) < 4.78 is 5.21. The Balaban J connectivity index is 1.50. The maximum atomic E-state index is 13.3. The lowest BCUT2D eigenvalue weighted by molar-refractivity contribution is -0.118. The molecule has 1 atom stereocenters. The lowest BCUT2D eigenvalue weighted by Gasteiger charge is -2.18. The molecule has 0 aliphatic carbocycles. The quantitative estimate of drug-likeness (QED) is 0.356. The van der Waals surface area contributed by atoms with E-state index in [9.17, 15) is 9.59 Å². The number of hydrogen-bond acceptors (Lipinski definition) is 7. The van der Waals surface area contributed by atoms with E-state index in [2.05, 4.69) is 20.8 Å². The molecular formula is C27H27N5O3S. The molecule has 0 aliphatic rings. The molecule has 2 amide bonds. The van der Waals surface area contributed by atoms with Crippen LogP contribution >= 0.6 is 11.3 Å². The Morgan fingerprint density at radius 3 is 2.42 bits per heavy atom. The molecule has 8 nitrogen and oxygen atoms in total. The van der Waals surface area contributed by atoms with Crippen LogP contribution in [0.15, 0.2) is 78.9 Å². The Hall–Kier alpha value is -4.24. The highest BCUT2D eigenvalue weighted by molar-refractivity contribution is 7.18. The van der Waals surface area contributed by atoms with Crippen LogP contribution in [-0.4, -0.2) is 49.3 Å². The fourth-order valence-corrected chi connectivity index (χ4v) is 4.30. The van der Waals surface area contributed by atoms with E-state index in [1.165, 1.54) is 18.4 Å². The number of carbonyl (C=O) groups is 2. The highest BCUT2D eigenvalue weighted by atomic mass is 32.1. The average Bonchev–Trinajstić information content (AvgIpc) is 3.37. The highest BCUT2D eigenvalue weighted by Crippen LogP contribution is 2.28. The van der Waals surface area contributed by atoms with Crippen LogP contribution in [0, 0.1) is 0 Å². The Morgan fingerprint density at radius 2 is 1.72 bits per heavy atom. The lowest BCUT2D eigenvalue weighted by atomic mass is 10.0. The third-order valence-corrected chi connectivity index (χ3v) is 6.41. The number of methoxy groups -OCH3 is 1. The molecule has 0 bridgehead atoms. The standard InChI is InChI=1S/C27H27N5O3S/c1-32(2)21-14-12-19(13-15-21)26-30-31-27(36-26)29-25(34)23(16-18-8-5-4-6-9-18)28-24(33)20-10-7-11-22(17-20)35-3/h4-15,17,23H,16H2,1-3H3,(H,28,33)(H,29,31,34). The number of aromatic nitrogens is 2. The number of amides is 2. The SMILES string of the molecule is COc1cccc(C(=O)NC(Cc2ccccc2)C(=O)Nc2nnc(-c3ccc(N(C)C)cc3)s2)c1. The smallest absolute Gasteiger partial charge is 0.252 e. The van der Waals surface area contributed by atoms with E-state index < -0.39 is 6.04 Å². The van der Waals surface area contributed by atoms with E-state index in [-0.39, 0.29) is 11.8 Å². The summed E-state index contributed by atoms with van der Waals surface area (Å²) in [6.45, 7) is 0.